The quantitative estimate of drug-likeness (QED) is 0.550. The summed E-state index contributed by atoms with van der Waals surface area (Å²) in [6, 6.07) is 2.03. The van der Waals surface area contributed by atoms with Crippen molar-refractivity contribution in [2.75, 3.05) is 0 Å². The first-order chi connectivity index (χ1) is 7.75. The molecule has 0 atom stereocenters. The molecule has 0 radical (unpaired) electrons. The molecule has 1 aliphatic rings. The highest BCUT2D eigenvalue weighted by molar-refractivity contribution is 6.05. The van der Waals surface area contributed by atoms with Gasteiger partial charge in [0.2, 0.25) is 0 Å². The second kappa shape index (κ2) is 3.62. The van der Waals surface area contributed by atoms with Crippen molar-refractivity contribution < 1.29 is 9.62 Å². The summed E-state index contributed by atoms with van der Waals surface area (Å²) in [7, 11) is 0. The molecule has 1 aliphatic carbocycles. The molecule has 0 amide bonds. The first-order valence-electron chi connectivity index (χ1n) is 6.12. The Morgan fingerprint density at radius 2 is 2.00 bits per heavy atom. The third kappa shape index (κ3) is 1.99. The van der Waals surface area contributed by atoms with Gasteiger partial charge in [0, 0.05) is 22.8 Å². The second-order valence-electron chi connectivity index (χ2n) is 6.53. The zero-order valence-corrected chi connectivity index (χ0v) is 11.3. The van der Waals surface area contributed by atoms with Crippen LogP contribution in [-0.2, 0) is 11.8 Å². The molecule has 1 aromatic rings. The van der Waals surface area contributed by atoms with E-state index in [0.29, 0.717) is 0 Å². The molecule has 94 valence electrons. The molecule has 3 nitrogen and oxygen atoms in total. The summed E-state index contributed by atoms with van der Waals surface area (Å²) < 4.78 is 5.90. The van der Waals surface area contributed by atoms with Gasteiger partial charge < -0.3 is 9.62 Å². The molecule has 0 bridgehead atoms. The lowest BCUT2D eigenvalue weighted by atomic mass is 9.75. The lowest BCUT2D eigenvalue weighted by Crippen LogP contribution is -2.30. The van der Waals surface area contributed by atoms with Gasteiger partial charge in [0.1, 0.15) is 11.5 Å². The van der Waals surface area contributed by atoms with Crippen molar-refractivity contribution >= 4 is 5.71 Å². The topological polar surface area (TPSA) is 45.7 Å². The van der Waals surface area contributed by atoms with Crippen LogP contribution >= 0.6 is 0 Å². The number of fused-ring (bicyclic) bond motifs is 1. The van der Waals surface area contributed by atoms with Crippen LogP contribution in [0.15, 0.2) is 15.6 Å². The van der Waals surface area contributed by atoms with Crippen molar-refractivity contribution in [1.82, 2.24) is 0 Å². The predicted octanol–water partition coefficient (Wildman–Crippen LogP) is 3.73. The fourth-order valence-electron chi connectivity index (χ4n) is 2.28. The lowest BCUT2D eigenvalue weighted by Gasteiger charge is -2.29. The Morgan fingerprint density at radius 3 is 2.53 bits per heavy atom. The van der Waals surface area contributed by atoms with Gasteiger partial charge in [-0.2, -0.15) is 0 Å². The number of hydrogen-bond acceptors (Lipinski definition) is 3. The highest BCUT2D eigenvalue weighted by Gasteiger charge is 2.36. The second-order valence-corrected chi connectivity index (χ2v) is 6.53. The van der Waals surface area contributed by atoms with Crippen LogP contribution in [0.4, 0.5) is 0 Å². The van der Waals surface area contributed by atoms with Crippen molar-refractivity contribution in [2.45, 2.75) is 52.9 Å². The summed E-state index contributed by atoms with van der Waals surface area (Å²) in [6.07, 6.45) is 1.87. The maximum absolute atomic E-state index is 9.23. The molecule has 1 N–H and O–H groups in total. The average Bonchev–Trinajstić information content (AvgIpc) is 2.59. The summed E-state index contributed by atoms with van der Waals surface area (Å²) in [5, 5.41) is 12.7. The third-order valence-corrected chi connectivity index (χ3v) is 3.52. The summed E-state index contributed by atoms with van der Waals surface area (Å²) in [5.74, 6) is 1.92. The fraction of sp³-hybridized carbons (Fsp3) is 0.643. The predicted molar refractivity (Wildman–Crippen MR) is 67.8 cm³/mol. The normalized spacial score (nSPS) is 21.6. The van der Waals surface area contributed by atoms with Gasteiger partial charge >= 0.3 is 0 Å². The molecule has 0 aromatic carbocycles. The molecule has 1 aromatic heterocycles. The number of oxime groups is 1. The highest BCUT2D eigenvalue weighted by Crippen LogP contribution is 2.38. The first-order valence-corrected chi connectivity index (χ1v) is 6.12. The molecular weight excluding hydrogens is 214 g/mol. The minimum absolute atomic E-state index is 0.0119. The number of nitrogens with zero attached hydrogens (tertiary/aromatic N) is 1. The molecule has 17 heavy (non-hydrogen) atoms. The molecule has 2 rings (SSSR count). The third-order valence-electron chi connectivity index (χ3n) is 3.52. The van der Waals surface area contributed by atoms with Crippen molar-refractivity contribution in [3.05, 3.63) is 23.2 Å². The largest absolute Gasteiger partial charge is 0.465 e. The SMILES string of the molecule is CC1(C)CCc2oc(C(C)(C)C)cc2/C1=N\O. The van der Waals surface area contributed by atoms with Crippen LogP contribution in [0.25, 0.3) is 0 Å². The van der Waals surface area contributed by atoms with Crippen LogP contribution < -0.4 is 0 Å². The van der Waals surface area contributed by atoms with Gasteiger partial charge in [-0.3, -0.25) is 0 Å². The van der Waals surface area contributed by atoms with Crippen LogP contribution in [0.1, 0.15) is 58.1 Å². The Kier molecular flexibility index (Phi) is 2.60. The number of aryl methyl sites for hydroxylation is 1. The van der Waals surface area contributed by atoms with Crippen LogP contribution in [0.3, 0.4) is 0 Å². The maximum atomic E-state index is 9.23. The molecule has 0 saturated heterocycles. The van der Waals surface area contributed by atoms with Gasteiger partial charge in [0.25, 0.3) is 0 Å². The summed E-state index contributed by atoms with van der Waals surface area (Å²) in [4.78, 5) is 0. The Bertz CT molecular complexity index is 461. The van der Waals surface area contributed by atoms with E-state index in [4.69, 9.17) is 4.42 Å². The molecule has 0 unspecified atom stereocenters. The van der Waals surface area contributed by atoms with E-state index < -0.39 is 0 Å². The fourth-order valence-corrected chi connectivity index (χ4v) is 2.28. The highest BCUT2D eigenvalue weighted by atomic mass is 16.4. The van der Waals surface area contributed by atoms with E-state index in [1.807, 2.05) is 6.07 Å². The van der Waals surface area contributed by atoms with Crippen molar-refractivity contribution in [3.8, 4) is 0 Å². The van der Waals surface area contributed by atoms with E-state index in [-0.39, 0.29) is 10.8 Å². The number of rotatable bonds is 0. The Labute approximate surface area is 103 Å². The van der Waals surface area contributed by atoms with Crippen LogP contribution in [0, 0.1) is 5.41 Å². The lowest BCUT2D eigenvalue weighted by molar-refractivity contribution is 0.302. The molecule has 0 saturated carbocycles. The van der Waals surface area contributed by atoms with Gasteiger partial charge in [0.05, 0.1) is 5.71 Å². The minimum atomic E-state index is -0.0826. The summed E-state index contributed by atoms with van der Waals surface area (Å²) >= 11 is 0. The zero-order chi connectivity index (χ0) is 12.8. The molecule has 0 fully saturated rings. The van der Waals surface area contributed by atoms with Crippen LogP contribution in [0.2, 0.25) is 0 Å². The van der Waals surface area contributed by atoms with Gasteiger partial charge in [-0.05, 0) is 12.5 Å². The standard InChI is InChI=1S/C14H21NO2/c1-13(2,3)11-8-9-10(17-11)6-7-14(4,5)12(9)15-16/h8,16H,6-7H2,1-5H3/b15-12+. The number of furan rings is 1. The van der Waals surface area contributed by atoms with Crippen molar-refractivity contribution in [3.63, 3.8) is 0 Å². The molecule has 3 heteroatoms. The molecular formula is C14H21NO2. The van der Waals surface area contributed by atoms with E-state index >= 15 is 0 Å². The Morgan fingerprint density at radius 1 is 1.35 bits per heavy atom. The zero-order valence-electron chi connectivity index (χ0n) is 11.3. The van der Waals surface area contributed by atoms with Gasteiger partial charge in [-0.25, -0.2) is 0 Å². The first kappa shape index (κ1) is 12.2. The van der Waals surface area contributed by atoms with Gasteiger partial charge in [-0.15, -0.1) is 0 Å². The Balaban J connectivity index is 2.53. The van der Waals surface area contributed by atoms with Crippen molar-refractivity contribution in [2.24, 2.45) is 10.6 Å². The molecule has 0 aliphatic heterocycles. The summed E-state index contributed by atoms with van der Waals surface area (Å²) in [5.41, 5.74) is 1.63. The monoisotopic (exact) mass is 235 g/mol. The van der Waals surface area contributed by atoms with Crippen molar-refractivity contribution in [1.29, 1.82) is 0 Å². The van der Waals surface area contributed by atoms with E-state index in [0.717, 1.165) is 35.6 Å². The van der Waals surface area contributed by atoms with E-state index in [1.165, 1.54) is 0 Å². The van der Waals surface area contributed by atoms with E-state index in [9.17, 15) is 5.21 Å². The van der Waals surface area contributed by atoms with Crippen LogP contribution in [-0.4, -0.2) is 10.9 Å². The van der Waals surface area contributed by atoms with Gasteiger partial charge in [0.15, 0.2) is 0 Å². The minimum Gasteiger partial charge on any atom is -0.465 e. The average molecular weight is 235 g/mol. The Hall–Kier alpha value is -1.25. The molecule has 1 heterocycles. The van der Waals surface area contributed by atoms with Crippen LogP contribution in [0.5, 0.6) is 0 Å². The smallest absolute Gasteiger partial charge is 0.113 e. The van der Waals surface area contributed by atoms with E-state index in [2.05, 4.69) is 39.8 Å². The summed E-state index contributed by atoms with van der Waals surface area (Å²) in [6.45, 7) is 10.6. The van der Waals surface area contributed by atoms with E-state index in [1.54, 1.807) is 0 Å². The molecule has 0 spiro atoms. The maximum Gasteiger partial charge on any atom is 0.113 e. The van der Waals surface area contributed by atoms with Gasteiger partial charge in [-0.1, -0.05) is 39.8 Å². The number of hydrogen-bond donors (Lipinski definition) is 1.